The fourth-order valence-corrected chi connectivity index (χ4v) is 7.52. The fraction of sp³-hybridized carbons (Fsp3) is 0.500. The predicted molar refractivity (Wildman–Crippen MR) is 162 cm³/mol. The lowest BCUT2D eigenvalue weighted by Crippen LogP contribution is -2.61. The molecule has 0 amide bonds. The lowest BCUT2D eigenvalue weighted by atomic mass is 9.93. The van der Waals surface area contributed by atoms with E-state index in [4.69, 9.17) is 13.8 Å². The van der Waals surface area contributed by atoms with Crippen LogP contribution < -0.4 is 20.5 Å². The second-order valence-corrected chi connectivity index (χ2v) is 12.3. The minimum absolute atomic E-state index is 0.00297. The fourth-order valence-electron chi connectivity index (χ4n) is 7.52. The molecule has 5 saturated heterocycles. The average Bonchev–Trinajstić information content (AvgIpc) is 3.47. The minimum Gasteiger partial charge on any atom is -0.508 e. The first-order valence-corrected chi connectivity index (χ1v) is 15.2. The summed E-state index contributed by atoms with van der Waals surface area (Å²) in [5.41, 5.74) is -1.10. The first-order chi connectivity index (χ1) is 22.4. The summed E-state index contributed by atoms with van der Waals surface area (Å²) in [5.74, 6) is -0.0763. The summed E-state index contributed by atoms with van der Waals surface area (Å²) >= 11 is 0. The Morgan fingerprint density at radius 2 is 2.16 bits per heavy atom. The molecule has 2 unspecified atom stereocenters. The number of hydrogen-bond donors (Lipinski definition) is 2. The molecule has 4 aromatic rings. The van der Waals surface area contributed by atoms with Crippen molar-refractivity contribution in [2.24, 2.45) is 0 Å². The maximum Gasteiger partial charge on any atom is 0.319 e. The van der Waals surface area contributed by atoms with Crippen LogP contribution in [0.1, 0.15) is 48.7 Å². The van der Waals surface area contributed by atoms with Crippen LogP contribution in [0.2, 0.25) is 0 Å². The number of aromatic hydroxyl groups is 1. The molecule has 12 heteroatoms. The van der Waals surface area contributed by atoms with Gasteiger partial charge < -0.3 is 20.1 Å². The van der Waals surface area contributed by atoms with Gasteiger partial charge in [0, 0.05) is 52.3 Å². The van der Waals surface area contributed by atoms with Crippen molar-refractivity contribution in [2.45, 2.75) is 69.2 Å². The number of hydrogen-bond acceptors (Lipinski definition) is 9. The summed E-state index contributed by atoms with van der Waals surface area (Å²) < 4.78 is 62.2. The number of aryl methyl sites for hydroxylation is 1. The molecule has 10 nitrogen and oxygen atoms in total. The highest BCUT2D eigenvalue weighted by Crippen LogP contribution is 2.41. The lowest BCUT2D eigenvalue weighted by Gasteiger charge is -2.46. The van der Waals surface area contributed by atoms with Gasteiger partial charge in [0.2, 0.25) is 0 Å². The van der Waals surface area contributed by atoms with Gasteiger partial charge in [-0.1, -0.05) is 13.0 Å². The molecule has 2 aromatic heterocycles. The molecular weight excluding hydrogens is 568 g/mol. The van der Waals surface area contributed by atoms with Gasteiger partial charge in [-0.3, -0.25) is 9.69 Å². The van der Waals surface area contributed by atoms with Crippen molar-refractivity contribution in [2.75, 3.05) is 37.6 Å². The van der Waals surface area contributed by atoms with Crippen molar-refractivity contribution < 1.29 is 22.7 Å². The van der Waals surface area contributed by atoms with Gasteiger partial charge in [0.1, 0.15) is 35.7 Å². The first-order valence-electron chi connectivity index (χ1n) is 16.7. The Hall–Kier alpha value is -3.90. The van der Waals surface area contributed by atoms with Crippen LogP contribution in [-0.2, 0) is 6.42 Å². The molecule has 2 bridgehead atoms. The largest absolute Gasteiger partial charge is 0.508 e. The number of nitrogens with zero attached hydrogens (tertiary/aromatic N) is 6. The second kappa shape index (κ2) is 10.3. The van der Waals surface area contributed by atoms with Crippen LogP contribution in [-0.4, -0.2) is 86.3 Å². The number of anilines is 1. The van der Waals surface area contributed by atoms with Crippen LogP contribution in [0.5, 0.6) is 11.8 Å². The van der Waals surface area contributed by atoms with Crippen LogP contribution in [0.3, 0.4) is 0 Å². The third kappa shape index (κ3) is 4.33. The van der Waals surface area contributed by atoms with E-state index in [2.05, 4.69) is 20.3 Å². The number of piperidine rings is 2. The highest BCUT2D eigenvalue weighted by molar-refractivity contribution is 5.95. The van der Waals surface area contributed by atoms with Gasteiger partial charge in [0.25, 0.3) is 5.56 Å². The quantitative estimate of drug-likeness (QED) is 0.340. The number of phenols is 1. The number of alkyl halides is 1. The molecule has 5 aliphatic heterocycles. The number of rotatable bonds is 6. The Labute approximate surface area is 256 Å². The summed E-state index contributed by atoms with van der Waals surface area (Å²) in [5, 5.41) is 20.0. The summed E-state index contributed by atoms with van der Waals surface area (Å²) in [6.45, 7) is 0.887. The van der Waals surface area contributed by atoms with Crippen molar-refractivity contribution in [3.05, 3.63) is 52.2 Å². The summed E-state index contributed by atoms with van der Waals surface area (Å²) in [4.78, 5) is 27.2. The lowest BCUT2D eigenvalue weighted by molar-refractivity contribution is 0.107. The maximum absolute atomic E-state index is 15.0. The second-order valence-electron chi connectivity index (χ2n) is 12.3. The highest BCUT2D eigenvalue weighted by atomic mass is 19.1. The standard InChI is InChI=1S/C32H35F2N7O3/c1-2-23-25(34)7-4-18-10-22(42)11-26(27(18)23)41-30(43)28-24(14-36-41)29(40-16-20-5-6-21(40)13-35-20)38-31(37-28)44-17-32-8-3-9-39(32)15-19(33)12-32/h4,7,10-11,14,19-21,35,42H,2-3,5-6,8-9,12-13,15-17H2,1H3/t19-,20?,21?,32+/m1/s1/i9D2,19D. The highest BCUT2D eigenvalue weighted by Gasteiger charge is 2.49. The summed E-state index contributed by atoms with van der Waals surface area (Å²) in [7, 11) is 0. The summed E-state index contributed by atoms with van der Waals surface area (Å²) in [6.07, 6.45) is 1.71. The average molecular weight is 607 g/mol. The molecule has 0 spiro atoms. The number of benzene rings is 2. The molecule has 2 N–H and O–H groups in total. The monoisotopic (exact) mass is 606 g/mol. The number of nitrogens with one attached hydrogen (secondary N) is 1. The molecule has 9 rings (SSSR count). The van der Waals surface area contributed by atoms with E-state index in [9.17, 15) is 18.7 Å². The summed E-state index contributed by atoms with van der Waals surface area (Å²) in [6, 6.07) is 5.99. The van der Waals surface area contributed by atoms with E-state index in [1.54, 1.807) is 6.07 Å². The SMILES string of the molecule is [2H]C1([2H])CC[C@@]2(COc3nc(N4CC5CCC4CN5)c4cnn(-c5cc(O)cc6ccc(F)c(CC)c56)c(=O)c4n3)C[C@@]([2H])(F)CN12. The molecule has 5 aliphatic rings. The molecule has 0 radical (unpaired) electrons. The van der Waals surface area contributed by atoms with Crippen molar-refractivity contribution in [3.63, 3.8) is 0 Å². The van der Waals surface area contributed by atoms with Gasteiger partial charge >= 0.3 is 6.01 Å². The van der Waals surface area contributed by atoms with Gasteiger partial charge in [-0.2, -0.15) is 19.7 Å². The molecule has 0 aliphatic carbocycles. The van der Waals surface area contributed by atoms with Gasteiger partial charge in [-0.25, -0.2) is 8.78 Å². The molecular formula is C32H35F2N7O3. The minimum atomic E-state index is -2.33. The molecule has 230 valence electrons. The third-order valence-corrected chi connectivity index (χ3v) is 9.72. The zero-order chi connectivity index (χ0) is 32.9. The van der Waals surface area contributed by atoms with Crippen molar-refractivity contribution in [1.82, 2.24) is 30.0 Å². The van der Waals surface area contributed by atoms with Crippen molar-refractivity contribution in [3.8, 4) is 17.4 Å². The zero-order valence-corrected chi connectivity index (χ0v) is 24.3. The smallest absolute Gasteiger partial charge is 0.319 e. The van der Waals surface area contributed by atoms with E-state index in [0.29, 0.717) is 46.9 Å². The first kappa shape index (κ1) is 24.4. The molecule has 0 saturated carbocycles. The zero-order valence-electron chi connectivity index (χ0n) is 27.3. The molecule has 7 heterocycles. The van der Waals surface area contributed by atoms with Crippen LogP contribution in [0.4, 0.5) is 14.6 Å². The van der Waals surface area contributed by atoms with Crippen LogP contribution in [0.15, 0.2) is 35.3 Å². The molecule has 44 heavy (non-hydrogen) atoms. The van der Waals surface area contributed by atoms with Crippen LogP contribution in [0.25, 0.3) is 27.4 Å². The Balaban J connectivity index is 1.28. The topological polar surface area (TPSA) is 109 Å². The van der Waals surface area contributed by atoms with Gasteiger partial charge in [-0.05, 0) is 61.7 Å². The Kier molecular flexibility index (Phi) is 5.74. The Morgan fingerprint density at radius 1 is 1.27 bits per heavy atom. The number of halogens is 2. The number of phenolic OH excluding ortho intramolecular Hbond substituents is 1. The molecule has 5 fully saturated rings. The van der Waals surface area contributed by atoms with E-state index in [-0.39, 0.29) is 61.0 Å². The van der Waals surface area contributed by atoms with E-state index in [1.807, 2.05) is 6.92 Å². The van der Waals surface area contributed by atoms with Gasteiger partial charge in [0.05, 0.1) is 24.2 Å². The van der Waals surface area contributed by atoms with E-state index < -0.39 is 29.6 Å². The van der Waals surface area contributed by atoms with E-state index in [1.165, 1.54) is 29.3 Å². The number of ether oxygens (including phenoxy) is 1. The van der Waals surface area contributed by atoms with Crippen molar-refractivity contribution >= 4 is 27.5 Å². The third-order valence-electron chi connectivity index (χ3n) is 9.72. The van der Waals surface area contributed by atoms with Gasteiger partial charge in [-0.15, -0.1) is 0 Å². The predicted octanol–water partition coefficient (Wildman–Crippen LogP) is 3.63. The Morgan fingerprint density at radius 3 is 2.93 bits per heavy atom. The van der Waals surface area contributed by atoms with E-state index >= 15 is 0 Å². The van der Waals surface area contributed by atoms with Crippen LogP contribution >= 0.6 is 0 Å². The van der Waals surface area contributed by atoms with E-state index in [0.717, 1.165) is 24.1 Å². The van der Waals surface area contributed by atoms with Gasteiger partial charge in [0.15, 0.2) is 0 Å². The van der Waals surface area contributed by atoms with Crippen molar-refractivity contribution in [1.29, 1.82) is 0 Å². The van der Waals surface area contributed by atoms with Crippen LogP contribution in [0, 0.1) is 5.82 Å². The number of aromatic nitrogens is 4. The molecule has 2 aromatic carbocycles. The Bertz CT molecular complexity index is 1990. The number of piperazine rings is 1. The molecule has 4 atom stereocenters. The maximum atomic E-state index is 15.0. The number of fused-ring (bicyclic) bond motifs is 6. The normalized spacial score (nSPS) is 30.4.